The van der Waals surface area contributed by atoms with Crippen LogP contribution in [0.3, 0.4) is 0 Å². The summed E-state index contributed by atoms with van der Waals surface area (Å²) in [5.74, 6) is 0.731. The molecular weight excluding hydrogens is 300 g/mol. The van der Waals surface area contributed by atoms with Crippen molar-refractivity contribution in [3.63, 3.8) is 0 Å². The van der Waals surface area contributed by atoms with E-state index >= 15 is 0 Å². The number of nitrogens with two attached hydrogens (primary N) is 1. The van der Waals surface area contributed by atoms with Crippen molar-refractivity contribution in [2.45, 2.75) is 38.8 Å². The lowest BCUT2D eigenvalue weighted by Crippen LogP contribution is -2.43. The van der Waals surface area contributed by atoms with Crippen LogP contribution in [0, 0.1) is 11.8 Å². The lowest BCUT2D eigenvalue weighted by atomic mass is 9.87. The van der Waals surface area contributed by atoms with E-state index in [1.807, 2.05) is 30.3 Å². The van der Waals surface area contributed by atoms with Crippen molar-refractivity contribution in [1.29, 1.82) is 0 Å². The summed E-state index contributed by atoms with van der Waals surface area (Å²) in [7, 11) is 0. The number of rotatable bonds is 5. The normalized spacial score (nSPS) is 22.7. The van der Waals surface area contributed by atoms with Crippen LogP contribution in [0.25, 0.3) is 0 Å². The Bertz CT molecular complexity index is 453. The van der Waals surface area contributed by atoms with Gasteiger partial charge in [-0.2, -0.15) is 0 Å². The molecule has 0 bridgehead atoms. The number of nitrogens with one attached hydrogen (secondary N) is 1. The number of amides is 1. The van der Waals surface area contributed by atoms with E-state index in [9.17, 15) is 4.79 Å². The maximum absolute atomic E-state index is 12.2. The second kappa shape index (κ2) is 9.13. The highest BCUT2D eigenvalue weighted by atomic mass is 35.5. The van der Waals surface area contributed by atoms with Gasteiger partial charge in [-0.05, 0) is 24.3 Å². The molecule has 1 aromatic carbocycles. The second-order valence-electron chi connectivity index (χ2n) is 6.12. The van der Waals surface area contributed by atoms with Crippen LogP contribution < -0.4 is 11.1 Å². The van der Waals surface area contributed by atoms with Gasteiger partial charge in [-0.1, -0.05) is 44.2 Å². The molecule has 1 heterocycles. The van der Waals surface area contributed by atoms with Crippen LogP contribution in [0.5, 0.6) is 0 Å². The largest absolute Gasteiger partial charge is 0.378 e. The van der Waals surface area contributed by atoms with Crippen LogP contribution in [-0.2, 0) is 9.53 Å². The van der Waals surface area contributed by atoms with Crippen LogP contribution >= 0.6 is 12.4 Å². The lowest BCUT2D eigenvalue weighted by molar-refractivity contribution is -0.123. The monoisotopic (exact) mass is 326 g/mol. The average Bonchev–Trinajstić information content (AvgIpc) is 2.52. The fourth-order valence-electron chi connectivity index (χ4n) is 2.97. The third-order valence-corrected chi connectivity index (χ3v) is 4.13. The number of halogens is 1. The Morgan fingerprint density at radius 1 is 1.36 bits per heavy atom. The van der Waals surface area contributed by atoms with Crippen molar-refractivity contribution in [3.05, 3.63) is 35.9 Å². The first-order valence-corrected chi connectivity index (χ1v) is 7.79. The van der Waals surface area contributed by atoms with Crippen molar-refractivity contribution in [2.75, 3.05) is 13.2 Å². The Morgan fingerprint density at radius 3 is 2.68 bits per heavy atom. The van der Waals surface area contributed by atoms with Crippen molar-refractivity contribution >= 4 is 18.3 Å². The van der Waals surface area contributed by atoms with Crippen molar-refractivity contribution < 1.29 is 9.53 Å². The summed E-state index contributed by atoms with van der Waals surface area (Å²) in [6.07, 6.45) is 2.39. The molecule has 5 heteroatoms. The summed E-state index contributed by atoms with van der Waals surface area (Å²) in [6, 6.07) is 8.86. The summed E-state index contributed by atoms with van der Waals surface area (Å²) in [4.78, 5) is 12.2. The van der Waals surface area contributed by atoms with Crippen LogP contribution in [0.2, 0.25) is 0 Å². The Hall–Kier alpha value is -1.10. The predicted octanol–water partition coefficient (Wildman–Crippen LogP) is 2.68. The first kappa shape index (κ1) is 18.9. The fourth-order valence-corrected chi connectivity index (χ4v) is 2.97. The van der Waals surface area contributed by atoms with Gasteiger partial charge < -0.3 is 15.8 Å². The van der Waals surface area contributed by atoms with Gasteiger partial charge in [0.15, 0.2) is 0 Å². The quantitative estimate of drug-likeness (QED) is 0.874. The van der Waals surface area contributed by atoms with Crippen molar-refractivity contribution in [1.82, 2.24) is 5.32 Å². The molecule has 1 aromatic rings. The zero-order valence-corrected chi connectivity index (χ0v) is 14.1. The molecule has 1 saturated heterocycles. The van der Waals surface area contributed by atoms with E-state index in [-0.39, 0.29) is 24.4 Å². The van der Waals surface area contributed by atoms with Gasteiger partial charge in [0.25, 0.3) is 0 Å². The van der Waals surface area contributed by atoms with Crippen LogP contribution in [0.4, 0.5) is 0 Å². The SMILES string of the molecule is CC(C)C1OCCCC1CNC(=O)C(N)c1ccccc1.Cl. The Labute approximate surface area is 139 Å². The zero-order valence-electron chi connectivity index (χ0n) is 13.3. The highest BCUT2D eigenvalue weighted by Crippen LogP contribution is 2.25. The molecule has 1 aliphatic heterocycles. The van der Waals surface area contributed by atoms with Gasteiger partial charge in [0, 0.05) is 19.1 Å². The molecule has 3 N–H and O–H groups in total. The smallest absolute Gasteiger partial charge is 0.241 e. The molecule has 0 saturated carbocycles. The molecule has 0 radical (unpaired) electrons. The highest BCUT2D eigenvalue weighted by molar-refractivity contribution is 5.85. The number of ether oxygens (including phenoxy) is 1. The molecule has 0 aliphatic carbocycles. The number of hydrogen-bond acceptors (Lipinski definition) is 3. The molecule has 1 fully saturated rings. The minimum absolute atomic E-state index is 0. The van der Waals surface area contributed by atoms with E-state index in [4.69, 9.17) is 10.5 Å². The van der Waals surface area contributed by atoms with Crippen LogP contribution in [0.1, 0.15) is 38.3 Å². The highest BCUT2D eigenvalue weighted by Gasteiger charge is 2.29. The number of benzene rings is 1. The molecule has 1 amide bonds. The summed E-state index contributed by atoms with van der Waals surface area (Å²) in [5, 5.41) is 2.99. The molecule has 0 aromatic heterocycles. The van der Waals surface area contributed by atoms with Crippen LogP contribution in [-0.4, -0.2) is 25.2 Å². The molecule has 3 atom stereocenters. The van der Waals surface area contributed by atoms with Gasteiger partial charge in [0.05, 0.1) is 6.10 Å². The molecule has 4 nitrogen and oxygen atoms in total. The maximum atomic E-state index is 12.2. The van der Waals surface area contributed by atoms with E-state index in [1.165, 1.54) is 0 Å². The van der Waals surface area contributed by atoms with Gasteiger partial charge in [0.1, 0.15) is 6.04 Å². The Morgan fingerprint density at radius 2 is 2.05 bits per heavy atom. The third kappa shape index (κ3) is 4.97. The van der Waals surface area contributed by atoms with Gasteiger partial charge in [-0.15, -0.1) is 12.4 Å². The van der Waals surface area contributed by atoms with Crippen LogP contribution in [0.15, 0.2) is 30.3 Å². The summed E-state index contributed by atoms with van der Waals surface area (Å²) < 4.78 is 5.85. The predicted molar refractivity (Wildman–Crippen MR) is 90.9 cm³/mol. The number of carbonyl (C=O) groups is 1. The molecule has 124 valence electrons. The number of carbonyl (C=O) groups excluding carboxylic acids is 1. The molecule has 2 rings (SSSR count). The minimum Gasteiger partial charge on any atom is -0.378 e. The lowest BCUT2D eigenvalue weighted by Gasteiger charge is -2.34. The molecular formula is C17H27ClN2O2. The fraction of sp³-hybridized carbons (Fsp3) is 0.588. The van der Waals surface area contributed by atoms with Gasteiger partial charge in [0.2, 0.25) is 5.91 Å². The van der Waals surface area contributed by atoms with Gasteiger partial charge in [-0.3, -0.25) is 4.79 Å². The number of hydrogen-bond donors (Lipinski definition) is 2. The Balaban J connectivity index is 0.00000242. The average molecular weight is 327 g/mol. The first-order chi connectivity index (χ1) is 10.1. The van der Waals surface area contributed by atoms with E-state index in [0.29, 0.717) is 18.4 Å². The van der Waals surface area contributed by atoms with Gasteiger partial charge in [-0.25, -0.2) is 0 Å². The van der Waals surface area contributed by atoms with Crippen molar-refractivity contribution in [3.8, 4) is 0 Å². The maximum Gasteiger partial charge on any atom is 0.241 e. The van der Waals surface area contributed by atoms with E-state index in [0.717, 1.165) is 25.0 Å². The summed E-state index contributed by atoms with van der Waals surface area (Å²) >= 11 is 0. The topological polar surface area (TPSA) is 64.3 Å². The minimum atomic E-state index is -0.604. The third-order valence-electron chi connectivity index (χ3n) is 4.13. The van der Waals surface area contributed by atoms with Gasteiger partial charge >= 0.3 is 0 Å². The Kier molecular flexibility index (Phi) is 7.87. The van der Waals surface area contributed by atoms with E-state index < -0.39 is 6.04 Å². The van der Waals surface area contributed by atoms with E-state index in [2.05, 4.69) is 19.2 Å². The first-order valence-electron chi connectivity index (χ1n) is 7.79. The molecule has 1 aliphatic rings. The zero-order chi connectivity index (χ0) is 15.2. The summed E-state index contributed by atoms with van der Waals surface area (Å²) in [5.41, 5.74) is 6.85. The molecule has 22 heavy (non-hydrogen) atoms. The standard InChI is InChI=1S/C17H26N2O2.ClH/c1-12(2)16-14(9-6-10-21-16)11-19-17(20)15(18)13-7-4-3-5-8-13;/h3-5,7-8,12,14-16H,6,9-11,18H2,1-2H3,(H,19,20);1H. The molecule has 0 spiro atoms. The summed E-state index contributed by atoms with van der Waals surface area (Å²) in [6.45, 7) is 5.81. The second-order valence-corrected chi connectivity index (χ2v) is 6.12. The van der Waals surface area contributed by atoms with E-state index in [1.54, 1.807) is 0 Å². The van der Waals surface area contributed by atoms with Crippen molar-refractivity contribution in [2.24, 2.45) is 17.6 Å². The molecule has 3 unspecified atom stereocenters.